The molecule has 2 aliphatic rings. The minimum Gasteiger partial charge on any atom is -0.462 e. The smallest absolute Gasteiger partial charge is 0.339 e. The molecule has 1 spiro atoms. The summed E-state index contributed by atoms with van der Waals surface area (Å²) in [5, 5.41) is 0. The second kappa shape index (κ2) is 7.64. The third-order valence-corrected chi connectivity index (χ3v) is 5.56. The number of aromatic nitrogens is 1. The van der Waals surface area contributed by atoms with Crippen LogP contribution in [0.4, 0.5) is 5.82 Å². The Labute approximate surface area is 155 Å². The van der Waals surface area contributed by atoms with Crippen molar-refractivity contribution in [2.45, 2.75) is 52.5 Å². The first-order chi connectivity index (χ1) is 12.4. The van der Waals surface area contributed by atoms with E-state index in [9.17, 15) is 9.59 Å². The minimum absolute atomic E-state index is 0.151. The summed E-state index contributed by atoms with van der Waals surface area (Å²) in [6.07, 6.45) is 5.44. The van der Waals surface area contributed by atoms with Crippen LogP contribution in [0.1, 0.15) is 56.8 Å². The molecule has 0 saturated carbocycles. The summed E-state index contributed by atoms with van der Waals surface area (Å²) >= 11 is 0. The van der Waals surface area contributed by atoms with E-state index in [-0.39, 0.29) is 23.3 Å². The van der Waals surface area contributed by atoms with Gasteiger partial charge in [-0.2, -0.15) is 0 Å². The highest BCUT2D eigenvalue weighted by molar-refractivity contribution is 5.89. The van der Waals surface area contributed by atoms with Gasteiger partial charge < -0.3 is 14.5 Å². The predicted octanol–water partition coefficient (Wildman–Crippen LogP) is 2.88. The average Bonchev–Trinajstić information content (AvgIpc) is 2.64. The van der Waals surface area contributed by atoms with Crippen molar-refractivity contribution in [2.24, 2.45) is 5.41 Å². The molecular weight excluding hydrogens is 330 g/mol. The number of likely N-dealkylation sites (tertiary alicyclic amines) is 1. The molecule has 1 aromatic rings. The van der Waals surface area contributed by atoms with E-state index < -0.39 is 0 Å². The largest absolute Gasteiger partial charge is 0.462 e. The molecule has 0 bridgehead atoms. The van der Waals surface area contributed by atoms with Gasteiger partial charge in [0.15, 0.2) is 0 Å². The van der Waals surface area contributed by atoms with Crippen molar-refractivity contribution >= 4 is 17.7 Å². The minimum atomic E-state index is -0.333. The number of pyridine rings is 1. The van der Waals surface area contributed by atoms with E-state index in [4.69, 9.17) is 4.74 Å². The lowest BCUT2D eigenvalue weighted by atomic mass is 9.73. The lowest BCUT2D eigenvalue weighted by Gasteiger charge is -2.49. The second-order valence-corrected chi connectivity index (χ2v) is 7.77. The number of hydrogen-bond acceptors (Lipinski definition) is 5. The van der Waals surface area contributed by atoms with Crippen LogP contribution in [0.15, 0.2) is 18.3 Å². The number of piperidine rings is 2. The van der Waals surface area contributed by atoms with Crippen LogP contribution in [0.25, 0.3) is 0 Å². The lowest BCUT2D eigenvalue weighted by Crippen LogP contribution is -2.55. The van der Waals surface area contributed by atoms with E-state index in [1.165, 1.54) is 0 Å². The van der Waals surface area contributed by atoms with Crippen LogP contribution in [-0.4, -0.2) is 54.0 Å². The van der Waals surface area contributed by atoms with Crippen LogP contribution < -0.4 is 4.90 Å². The Morgan fingerprint density at radius 1 is 1.31 bits per heavy atom. The predicted molar refractivity (Wildman–Crippen MR) is 100 cm³/mol. The Balaban J connectivity index is 1.72. The highest BCUT2D eigenvalue weighted by Gasteiger charge is 2.42. The van der Waals surface area contributed by atoms with Gasteiger partial charge in [-0.15, -0.1) is 0 Å². The van der Waals surface area contributed by atoms with Crippen LogP contribution in [0.5, 0.6) is 0 Å². The van der Waals surface area contributed by atoms with Crippen LogP contribution >= 0.6 is 0 Å². The van der Waals surface area contributed by atoms with Crippen molar-refractivity contribution < 1.29 is 14.3 Å². The zero-order chi connectivity index (χ0) is 18.7. The Morgan fingerprint density at radius 2 is 2.12 bits per heavy atom. The third kappa shape index (κ3) is 3.84. The molecule has 0 radical (unpaired) electrons. The molecule has 1 aromatic heterocycles. The maximum atomic E-state index is 12.2. The van der Waals surface area contributed by atoms with Gasteiger partial charge in [-0.05, 0) is 52.2 Å². The quantitative estimate of drug-likeness (QED) is 0.774. The summed E-state index contributed by atoms with van der Waals surface area (Å²) in [5.41, 5.74) is 0.634. The summed E-state index contributed by atoms with van der Waals surface area (Å²) in [7, 11) is 0. The Morgan fingerprint density at radius 3 is 2.77 bits per heavy atom. The maximum absolute atomic E-state index is 12.2. The number of esters is 1. The number of carbonyl (C=O) groups is 2. The Hall–Kier alpha value is -2.11. The van der Waals surface area contributed by atoms with Gasteiger partial charge in [-0.25, -0.2) is 9.78 Å². The molecule has 3 heterocycles. The van der Waals surface area contributed by atoms with E-state index in [0.717, 1.165) is 44.7 Å². The van der Waals surface area contributed by atoms with Gasteiger partial charge in [-0.3, -0.25) is 4.79 Å². The van der Waals surface area contributed by atoms with Crippen molar-refractivity contribution in [2.75, 3.05) is 31.1 Å². The molecule has 1 amide bonds. The van der Waals surface area contributed by atoms with Gasteiger partial charge in [0.2, 0.25) is 5.91 Å². The molecular formula is C20H29N3O3. The average molecular weight is 359 g/mol. The lowest BCUT2D eigenvalue weighted by molar-refractivity contribution is -0.140. The highest BCUT2D eigenvalue weighted by atomic mass is 16.5. The number of nitrogens with zero attached hydrogens (tertiary/aromatic N) is 3. The van der Waals surface area contributed by atoms with Crippen molar-refractivity contribution in [3.8, 4) is 0 Å². The van der Waals surface area contributed by atoms with Crippen molar-refractivity contribution in [3.63, 3.8) is 0 Å². The Bertz CT molecular complexity index is 659. The van der Waals surface area contributed by atoms with E-state index in [1.807, 2.05) is 11.0 Å². The van der Waals surface area contributed by atoms with E-state index >= 15 is 0 Å². The number of anilines is 1. The number of hydrogen-bond donors (Lipinski definition) is 0. The number of ether oxygens (including phenoxy) is 1. The monoisotopic (exact) mass is 359 g/mol. The van der Waals surface area contributed by atoms with E-state index in [2.05, 4.69) is 23.7 Å². The Kier molecular flexibility index (Phi) is 5.49. The molecule has 142 valence electrons. The first-order valence-corrected chi connectivity index (χ1v) is 9.62. The molecule has 3 rings (SSSR count). The fourth-order valence-electron chi connectivity index (χ4n) is 4.16. The van der Waals surface area contributed by atoms with Gasteiger partial charge in [0, 0.05) is 43.7 Å². The molecule has 2 saturated heterocycles. The summed E-state index contributed by atoms with van der Waals surface area (Å²) < 4.78 is 5.02. The molecule has 0 N–H and O–H groups in total. The molecule has 6 nitrogen and oxygen atoms in total. The summed E-state index contributed by atoms with van der Waals surface area (Å²) in [6, 6.07) is 3.93. The number of carbonyl (C=O) groups excluding carboxylic acids is 2. The number of rotatable bonds is 4. The standard InChI is InChI=1S/C20H29N3O3/c1-4-26-19(25)16-6-7-17(21-12-16)22-11-5-9-20(13-22)10-8-18(24)23(14-20)15(2)3/h6-7,12,15H,4-5,8-11,13-14H2,1-3H3. The van der Waals surface area contributed by atoms with Crippen molar-refractivity contribution in [3.05, 3.63) is 23.9 Å². The first kappa shape index (κ1) is 18.7. The fraction of sp³-hybridized carbons (Fsp3) is 0.650. The zero-order valence-corrected chi connectivity index (χ0v) is 16.0. The van der Waals surface area contributed by atoms with Gasteiger partial charge in [0.25, 0.3) is 0 Å². The molecule has 6 heteroatoms. The van der Waals surface area contributed by atoms with Gasteiger partial charge in [0.05, 0.1) is 12.2 Å². The van der Waals surface area contributed by atoms with E-state index in [1.54, 1.807) is 19.2 Å². The normalized spacial score (nSPS) is 23.6. The third-order valence-electron chi connectivity index (χ3n) is 5.56. The topological polar surface area (TPSA) is 62.7 Å². The summed E-state index contributed by atoms with van der Waals surface area (Å²) in [6.45, 7) is 9.04. The number of amides is 1. The summed E-state index contributed by atoms with van der Waals surface area (Å²) in [4.78, 5) is 32.8. The molecule has 0 aliphatic carbocycles. The molecule has 2 fully saturated rings. The van der Waals surface area contributed by atoms with Gasteiger partial charge in [0.1, 0.15) is 5.82 Å². The van der Waals surface area contributed by atoms with Gasteiger partial charge >= 0.3 is 5.97 Å². The SMILES string of the molecule is CCOC(=O)c1ccc(N2CCCC3(CCC(=O)N(C(C)C)C3)C2)nc1. The maximum Gasteiger partial charge on any atom is 0.339 e. The first-order valence-electron chi connectivity index (χ1n) is 9.62. The fourth-order valence-corrected chi connectivity index (χ4v) is 4.16. The molecule has 26 heavy (non-hydrogen) atoms. The molecule has 0 aromatic carbocycles. The van der Waals surface area contributed by atoms with Crippen LogP contribution in [0.3, 0.4) is 0 Å². The van der Waals surface area contributed by atoms with Crippen LogP contribution in [0, 0.1) is 5.41 Å². The molecule has 1 unspecified atom stereocenters. The second-order valence-electron chi connectivity index (χ2n) is 7.77. The molecule has 1 atom stereocenters. The molecule has 2 aliphatic heterocycles. The van der Waals surface area contributed by atoms with Crippen LogP contribution in [0.2, 0.25) is 0 Å². The van der Waals surface area contributed by atoms with Gasteiger partial charge in [-0.1, -0.05) is 0 Å². The summed E-state index contributed by atoms with van der Waals surface area (Å²) in [5.74, 6) is 0.838. The van der Waals surface area contributed by atoms with Crippen molar-refractivity contribution in [1.82, 2.24) is 9.88 Å². The highest BCUT2D eigenvalue weighted by Crippen LogP contribution is 2.40. The van der Waals surface area contributed by atoms with E-state index in [0.29, 0.717) is 18.6 Å². The van der Waals surface area contributed by atoms with Crippen LogP contribution in [-0.2, 0) is 9.53 Å². The zero-order valence-electron chi connectivity index (χ0n) is 16.0. The van der Waals surface area contributed by atoms with Crippen molar-refractivity contribution in [1.29, 1.82) is 0 Å².